The molecule has 0 amide bonds. The van der Waals surface area contributed by atoms with E-state index in [9.17, 15) is 0 Å². The Bertz CT molecular complexity index is 1350. The first-order valence-corrected chi connectivity index (χ1v) is 10.0. The molecule has 0 spiro atoms. The van der Waals surface area contributed by atoms with Gasteiger partial charge in [-0.15, -0.1) is 10.2 Å². The van der Waals surface area contributed by atoms with Crippen molar-refractivity contribution in [1.29, 1.82) is 0 Å². The van der Waals surface area contributed by atoms with Crippen LogP contribution in [-0.4, -0.2) is 31.2 Å². The third-order valence-corrected chi connectivity index (χ3v) is 5.26. The van der Waals surface area contributed by atoms with E-state index in [1.165, 1.54) is 0 Å². The van der Waals surface area contributed by atoms with Gasteiger partial charge in [0.15, 0.2) is 11.5 Å². The van der Waals surface area contributed by atoms with Crippen molar-refractivity contribution in [3.8, 4) is 17.1 Å². The van der Waals surface area contributed by atoms with Crippen molar-refractivity contribution in [3.63, 3.8) is 0 Å². The lowest BCUT2D eigenvalue weighted by molar-refractivity contribution is 0.321. The van der Waals surface area contributed by atoms with E-state index in [2.05, 4.69) is 15.2 Å². The van der Waals surface area contributed by atoms with Crippen LogP contribution in [-0.2, 0) is 6.42 Å². The van der Waals surface area contributed by atoms with E-state index in [-0.39, 0.29) is 0 Å². The van der Waals surface area contributed by atoms with Crippen molar-refractivity contribution in [2.45, 2.75) is 13.3 Å². The number of halogens is 1. The highest BCUT2D eigenvalue weighted by atomic mass is 35.5. The van der Waals surface area contributed by atoms with Crippen molar-refractivity contribution < 1.29 is 4.74 Å². The van der Waals surface area contributed by atoms with Gasteiger partial charge in [-0.2, -0.15) is 0 Å². The number of aromatic nitrogens is 5. The van der Waals surface area contributed by atoms with Crippen LogP contribution in [0.4, 0.5) is 0 Å². The van der Waals surface area contributed by atoms with Crippen LogP contribution in [0.1, 0.15) is 11.4 Å². The predicted octanol–water partition coefficient (Wildman–Crippen LogP) is 4.92. The maximum atomic E-state index is 6.42. The molecule has 3 heterocycles. The number of pyridine rings is 1. The zero-order valence-electron chi connectivity index (χ0n) is 16.3. The molecule has 3 aromatic heterocycles. The molecule has 0 radical (unpaired) electrons. The van der Waals surface area contributed by atoms with Crippen LogP contribution >= 0.6 is 11.6 Å². The molecule has 0 saturated heterocycles. The lowest BCUT2D eigenvalue weighted by Gasteiger charge is -2.10. The number of nitrogens with zero attached hydrogens (tertiary/aromatic N) is 5. The Labute approximate surface area is 178 Å². The van der Waals surface area contributed by atoms with Crippen molar-refractivity contribution in [2.24, 2.45) is 0 Å². The van der Waals surface area contributed by atoms with Gasteiger partial charge >= 0.3 is 0 Å². The predicted molar refractivity (Wildman–Crippen MR) is 117 cm³/mol. The molecule has 0 aliphatic rings. The van der Waals surface area contributed by atoms with Gasteiger partial charge < -0.3 is 4.74 Å². The maximum Gasteiger partial charge on any atom is 0.183 e. The smallest absolute Gasteiger partial charge is 0.183 e. The Morgan fingerprint density at radius 3 is 2.70 bits per heavy atom. The summed E-state index contributed by atoms with van der Waals surface area (Å²) < 4.78 is 7.94. The number of benzene rings is 2. The van der Waals surface area contributed by atoms with Crippen LogP contribution in [0.5, 0.6) is 5.75 Å². The molecule has 6 nitrogen and oxygen atoms in total. The molecule has 0 aliphatic heterocycles. The second-order valence-electron chi connectivity index (χ2n) is 6.93. The maximum absolute atomic E-state index is 6.42. The highest BCUT2D eigenvalue weighted by molar-refractivity contribution is 6.33. The second-order valence-corrected chi connectivity index (χ2v) is 7.34. The van der Waals surface area contributed by atoms with Crippen molar-refractivity contribution >= 4 is 28.3 Å². The summed E-state index contributed by atoms with van der Waals surface area (Å²) in [6.07, 6.45) is 2.53. The van der Waals surface area contributed by atoms with E-state index in [1.807, 2.05) is 72.0 Å². The van der Waals surface area contributed by atoms with E-state index in [1.54, 1.807) is 6.20 Å². The first-order chi connectivity index (χ1) is 14.7. The van der Waals surface area contributed by atoms with E-state index in [0.29, 0.717) is 23.1 Å². The molecule has 0 saturated carbocycles. The summed E-state index contributed by atoms with van der Waals surface area (Å²) in [7, 11) is 0. The lowest BCUT2D eigenvalue weighted by Crippen LogP contribution is -2.03. The molecule has 5 aromatic rings. The van der Waals surface area contributed by atoms with Crippen LogP contribution in [0.2, 0.25) is 5.02 Å². The first-order valence-electron chi connectivity index (χ1n) is 9.64. The molecule has 30 heavy (non-hydrogen) atoms. The Hall–Kier alpha value is -3.51. The van der Waals surface area contributed by atoms with E-state index in [0.717, 1.165) is 40.2 Å². The van der Waals surface area contributed by atoms with Crippen molar-refractivity contribution in [3.05, 3.63) is 83.3 Å². The minimum absolute atomic E-state index is 0.543. The van der Waals surface area contributed by atoms with Gasteiger partial charge in [-0.25, -0.2) is 4.98 Å². The summed E-state index contributed by atoms with van der Waals surface area (Å²) >= 11 is 6.42. The second kappa shape index (κ2) is 7.72. The molecule has 2 aromatic carbocycles. The highest BCUT2D eigenvalue weighted by Crippen LogP contribution is 2.30. The van der Waals surface area contributed by atoms with Crippen LogP contribution in [0, 0.1) is 6.92 Å². The lowest BCUT2D eigenvalue weighted by atomic mass is 10.2. The number of rotatable bonds is 5. The molecule has 7 heteroatoms. The van der Waals surface area contributed by atoms with Crippen LogP contribution in [0.3, 0.4) is 0 Å². The fourth-order valence-corrected chi connectivity index (χ4v) is 3.71. The van der Waals surface area contributed by atoms with Gasteiger partial charge in [-0.05, 0) is 43.3 Å². The number of hydrogen-bond donors (Lipinski definition) is 0. The Balaban J connectivity index is 1.52. The third-order valence-electron chi connectivity index (χ3n) is 4.93. The van der Waals surface area contributed by atoms with Crippen LogP contribution < -0.4 is 4.74 Å². The van der Waals surface area contributed by atoms with Crippen molar-refractivity contribution in [2.75, 3.05) is 6.61 Å². The zero-order chi connectivity index (χ0) is 20.5. The summed E-state index contributed by atoms with van der Waals surface area (Å²) in [6.45, 7) is 2.47. The highest BCUT2D eigenvalue weighted by Gasteiger charge is 2.16. The summed E-state index contributed by atoms with van der Waals surface area (Å²) in [5.74, 6) is 1.45. The molecule has 5 rings (SSSR count). The third kappa shape index (κ3) is 3.35. The minimum Gasteiger partial charge on any atom is -0.493 e. The van der Waals surface area contributed by atoms with E-state index in [4.69, 9.17) is 21.3 Å². The Morgan fingerprint density at radius 2 is 1.87 bits per heavy atom. The molecule has 0 N–H and O–H groups in total. The number of fused-ring (bicyclic) bond motifs is 3. The fourth-order valence-electron chi connectivity index (χ4n) is 3.49. The fraction of sp³-hybridized carbons (Fsp3) is 0.130. The van der Waals surface area contributed by atoms with Gasteiger partial charge in [0, 0.05) is 29.9 Å². The van der Waals surface area contributed by atoms with Gasteiger partial charge in [0.2, 0.25) is 0 Å². The molecule has 0 atom stereocenters. The Kier molecular flexibility index (Phi) is 4.77. The largest absolute Gasteiger partial charge is 0.493 e. The summed E-state index contributed by atoms with van der Waals surface area (Å²) in [5, 5.41) is 9.37. The zero-order valence-corrected chi connectivity index (χ0v) is 17.0. The molecule has 0 aliphatic carbocycles. The minimum atomic E-state index is 0.543. The molecule has 0 bridgehead atoms. The molecule has 0 fully saturated rings. The number of ether oxygens (including phenoxy) is 1. The van der Waals surface area contributed by atoms with E-state index < -0.39 is 0 Å². The first kappa shape index (κ1) is 18.5. The van der Waals surface area contributed by atoms with Crippen LogP contribution in [0.15, 0.2) is 66.9 Å². The summed E-state index contributed by atoms with van der Waals surface area (Å²) in [4.78, 5) is 9.04. The van der Waals surface area contributed by atoms with Gasteiger partial charge in [0.1, 0.15) is 5.75 Å². The quantitative estimate of drug-likeness (QED) is 0.407. The van der Waals surface area contributed by atoms with Gasteiger partial charge in [0.25, 0.3) is 0 Å². The monoisotopic (exact) mass is 415 g/mol. The molecular weight excluding hydrogens is 398 g/mol. The normalized spacial score (nSPS) is 11.3. The van der Waals surface area contributed by atoms with Gasteiger partial charge in [-0.1, -0.05) is 29.8 Å². The Morgan fingerprint density at radius 1 is 1.00 bits per heavy atom. The van der Waals surface area contributed by atoms with Gasteiger partial charge in [0.05, 0.1) is 28.4 Å². The summed E-state index contributed by atoms with van der Waals surface area (Å²) in [5.41, 5.74) is 5.04. The number of hydrogen-bond acceptors (Lipinski definition) is 5. The SMILES string of the molecule is Cc1nc2cc(OCCc3ccccn3)ccc2n2c(-c3ccccc3Cl)nnc12. The molecule has 0 unspecified atom stereocenters. The number of aryl methyl sites for hydroxylation is 1. The summed E-state index contributed by atoms with van der Waals surface area (Å²) in [6, 6.07) is 19.4. The molecular formula is C23H18ClN5O. The topological polar surface area (TPSA) is 65.2 Å². The van der Waals surface area contributed by atoms with Crippen LogP contribution in [0.25, 0.3) is 28.1 Å². The van der Waals surface area contributed by atoms with Crippen molar-refractivity contribution in [1.82, 2.24) is 24.6 Å². The average molecular weight is 416 g/mol. The average Bonchev–Trinajstić information content (AvgIpc) is 3.21. The van der Waals surface area contributed by atoms with E-state index >= 15 is 0 Å². The van der Waals surface area contributed by atoms with Gasteiger partial charge in [-0.3, -0.25) is 9.38 Å². The molecule has 148 valence electrons. The standard InChI is InChI=1S/C23H18ClN5O/c1-15-22-27-28-23(18-7-2-3-8-19(18)24)29(22)21-10-9-17(14-20(21)26-15)30-13-11-16-6-4-5-12-25-16/h2-10,12,14H,11,13H2,1H3.